The van der Waals surface area contributed by atoms with Crippen molar-refractivity contribution < 1.29 is 4.79 Å². The molecule has 1 saturated carbocycles. The number of unbranched alkanes of at least 4 members (excludes halogenated alkanes) is 2. The van der Waals surface area contributed by atoms with Crippen LogP contribution in [0.1, 0.15) is 62.4 Å². The number of carbonyl (C=O) groups is 1. The summed E-state index contributed by atoms with van der Waals surface area (Å²) in [6.07, 6.45) is 7.24. The molecule has 1 aliphatic carbocycles. The fraction of sp³-hybridized carbons (Fsp3) is 0.571. The van der Waals surface area contributed by atoms with Crippen LogP contribution >= 0.6 is 12.4 Å². The molecule has 2 aromatic rings. The lowest BCUT2D eigenvalue weighted by Gasteiger charge is -2.31. The van der Waals surface area contributed by atoms with Crippen molar-refractivity contribution in [2.24, 2.45) is 11.7 Å². The molecule has 1 aromatic heterocycles. The zero-order valence-electron chi connectivity index (χ0n) is 16.5. The molecule has 1 fully saturated rings. The molecule has 3 N–H and O–H groups in total. The van der Waals surface area contributed by atoms with Gasteiger partial charge in [-0.25, -0.2) is 4.68 Å². The van der Waals surface area contributed by atoms with E-state index < -0.39 is 0 Å². The third kappa shape index (κ3) is 4.92. The van der Waals surface area contributed by atoms with Crippen LogP contribution in [0.25, 0.3) is 10.8 Å². The van der Waals surface area contributed by atoms with Crippen LogP contribution in [-0.2, 0) is 6.54 Å². The number of hydrogen-bond acceptors (Lipinski definition) is 4. The van der Waals surface area contributed by atoms with E-state index in [1.165, 1.54) is 4.68 Å². The Morgan fingerprint density at radius 1 is 1.21 bits per heavy atom. The Morgan fingerprint density at radius 3 is 2.64 bits per heavy atom. The average Bonchev–Trinajstić information content (AvgIpc) is 2.70. The van der Waals surface area contributed by atoms with Crippen LogP contribution in [0.2, 0.25) is 0 Å². The number of carbonyl (C=O) groups excluding carboxylic acids is 1. The van der Waals surface area contributed by atoms with Crippen molar-refractivity contribution in [3.8, 4) is 0 Å². The Morgan fingerprint density at radius 2 is 1.93 bits per heavy atom. The van der Waals surface area contributed by atoms with Gasteiger partial charge >= 0.3 is 0 Å². The molecule has 2 atom stereocenters. The van der Waals surface area contributed by atoms with Gasteiger partial charge in [-0.2, -0.15) is 5.10 Å². The maximum absolute atomic E-state index is 13.1. The van der Waals surface area contributed by atoms with Crippen molar-refractivity contribution in [1.82, 2.24) is 15.1 Å². The summed E-state index contributed by atoms with van der Waals surface area (Å²) in [4.78, 5) is 25.8. The second kappa shape index (κ2) is 10.6. The first-order valence-electron chi connectivity index (χ1n) is 10.2. The third-order valence-electron chi connectivity index (χ3n) is 5.58. The number of aromatic nitrogens is 2. The Balaban J connectivity index is 0.00000280. The number of halogens is 1. The molecule has 1 amide bonds. The van der Waals surface area contributed by atoms with Gasteiger partial charge in [-0.15, -0.1) is 12.4 Å². The van der Waals surface area contributed by atoms with E-state index in [0.717, 1.165) is 44.9 Å². The Bertz CT molecular complexity index is 852. The summed E-state index contributed by atoms with van der Waals surface area (Å²) in [5.74, 6) is 0.102. The van der Waals surface area contributed by atoms with Gasteiger partial charge in [-0.05, 0) is 37.8 Å². The van der Waals surface area contributed by atoms with Crippen molar-refractivity contribution >= 4 is 29.1 Å². The van der Waals surface area contributed by atoms with E-state index in [1.54, 1.807) is 12.1 Å². The predicted molar refractivity (Wildman–Crippen MR) is 115 cm³/mol. The summed E-state index contributed by atoms with van der Waals surface area (Å²) < 4.78 is 1.45. The first-order chi connectivity index (χ1) is 13.2. The Labute approximate surface area is 172 Å². The molecule has 0 bridgehead atoms. The number of aryl methyl sites for hydroxylation is 1. The normalized spacial score (nSPS) is 19.2. The fourth-order valence-electron chi connectivity index (χ4n) is 3.98. The largest absolute Gasteiger partial charge is 0.348 e. The zero-order chi connectivity index (χ0) is 19.2. The van der Waals surface area contributed by atoms with E-state index in [0.29, 0.717) is 35.5 Å². The summed E-state index contributed by atoms with van der Waals surface area (Å²) in [7, 11) is 0. The molecule has 6 nitrogen and oxygen atoms in total. The molecule has 154 valence electrons. The average molecular weight is 407 g/mol. The monoisotopic (exact) mass is 406 g/mol. The summed E-state index contributed by atoms with van der Waals surface area (Å²) >= 11 is 0. The van der Waals surface area contributed by atoms with Crippen LogP contribution in [0.15, 0.2) is 29.1 Å². The summed E-state index contributed by atoms with van der Waals surface area (Å²) in [5.41, 5.74) is 6.11. The van der Waals surface area contributed by atoms with E-state index in [4.69, 9.17) is 5.73 Å². The zero-order valence-corrected chi connectivity index (χ0v) is 17.3. The summed E-state index contributed by atoms with van der Waals surface area (Å²) in [6, 6.07) is 7.32. The van der Waals surface area contributed by atoms with Crippen LogP contribution in [0.4, 0.5) is 0 Å². The molecular formula is C21H31ClN4O2. The molecule has 1 aliphatic rings. The molecule has 0 spiro atoms. The van der Waals surface area contributed by atoms with E-state index in [1.807, 2.05) is 12.1 Å². The van der Waals surface area contributed by atoms with Crippen LogP contribution in [0, 0.1) is 5.92 Å². The van der Waals surface area contributed by atoms with Crippen molar-refractivity contribution in [2.75, 3.05) is 6.54 Å². The van der Waals surface area contributed by atoms with Gasteiger partial charge in [0, 0.05) is 18.0 Å². The fourth-order valence-corrected chi connectivity index (χ4v) is 3.98. The quantitative estimate of drug-likeness (QED) is 0.690. The summed E-state index contributed by atoms with van der Waals surface area (Å²) in [5, 5.41) is 8.76. The molecule has 0 radical (unpaired) electrons. The van der Waals surface area contributed by atoms with E-state index in [-0.39, 0.29) is 29.9 Å². The topological polar surface area (TPSA) is 90.0 Å². The van der Waals surface area contributed by atoms with E-state index in [2.05, 4.69) is 17.3 Å². The molecule has 28 heavy (non-hydrogen) atoms. The molecular weight excluding hydrogens is 376 g/mol. The highest BCUT2D eigenvalue weighted by Gasteiger charge is 2.27. The molecule has 1 heterocycles. The van der Waals surface area contributed by atoms with Gasteiger partial charge < -0.3 is 11.1 Å². The molecule has 7 heteroatoms. The highest BCUT2D eigenvalue weighted by Crippen LogP contribution is 2.24. The van der Waals surface area contributed by atoms with Crippen molar-refractivity contribution in [1.29, 1.82) is 0 Å². The second-order valence-electron chi connectivity index (χ2n) is 7.49. The van der Waals surface area contributed by atoms with Gasteiger partial charge in [0.25, 0.3) is 11.5 Å². The maximum Gasteiger partial charge on any atom is 0.274 e. The van der Waals surface area contributed by atoms with Crippen molar-refractivity contribution in [3.63, 3.8) is 0 Å². The smallest absolute Gasteiger partial charge is 0.274 e. The highest BCUT2D eigenvalue weighted by atomic mass is 35.5. The van der Waals surface area contributed by atoms with Crippen molar-refractivity contribution in [3.05, 3.63) is 40.3 Å². The first kappa shape index (κ1) is 22.4. The SMILES string of the molecule is CCCCCn1nc(C(=O)NC2CCCCC2CN)c2ccccc2c1=O.Cl. The lowest BCUT2D eigenvalue weighted by Crippen LogP contribution is -2.45. The van der Waals surface area contributed by atoms with E-state index in [9.17, 15) is 9.59 Å². The number of hydrogen-bond donors (Lipinski definition) is 2. The van der Waals surface area contributed by atoms with Gasteiger partial charge in [0.15, 0.2) is 5.69 Å². The number of nitrogens with two attached hydrogens (primary N) is 1. The minimum Gasteiger partial charge on any atom is -0.348 e. The minimum atomic E-state index is -0.208. The standard InChI is InChI=1S/C21H30N4O2.ClH/c1-2-3-8-13-25-21(27)17-11-6-5-10-16(17)19(24-25)20(26)23-18-12-7-4-9-15(18)14-22;/h5-6,10-11,15,18H,2-4,7-9,12-14,22H2,1H3,(H,23,26);1H. The molecule has 3 rings (SSSR count). The number of nitrogens with one attached hydrogen (secondary N) is 1. The minimum absolute atomic E-state index is 0. The molecule has 2 unspecified atom stereocenters. The molecule has 0 saturated heterocycles. The third-order valence-corrected chi connectivity index (χ3v) is 5.58. The number of fused-ring (bicyclic) bond motifs is 1. The second-order valence-corrected chi connectivity index (χ2v) is 7.49. The molecule has 1 aromatic carbocycles. The summed E-state index contributed by atoms with van der Waals surface area (Å²) in [6.45, 7) is 3.23. The van der Waals surface area contributed by atoms with Gasteiger partial charge in [0.1, 0.15) is 0 Å². The number of amides is 1. The van der Waals surface area contributed by atoms with Crippen LogP contribution in [0.3, 0.4) is 0 Å². The van der Waals surface area contributed by atoms with Crippen LogP contribution in [-0.4, -0.2) is 28.3 Å². The van der Waals surface area contributed by atoms with Crippen LogP contribution in [0.5, 0.6) is 0 Å². The van der Waals surface area contributed by atoms with E-state index >= 15 is 0 Å². The lowest BCUT2D eigenvalue weighted by molar-refractivity contribution is 0.0902. The first-order valence-corrected chi connectivity index (χ1v) is 10.2. The predicted octanol–water partition coefficient (Wildman–Crippen LogP) is 3.26. The molecule has 0 aliphatic heterocycles. The van der Waals surface area contributed by atoms with Crippen molar-refractivity contribution in [2.45, 2.75) is 64.5 Å². The number of nitrogens with zero attached hydrogens (tertiary/aromatic N) is 2. The maximum atomic E-state index is 13.1. The lowest BCUT2D eigenvalue weighted by atomic mass is 9.84. The Kier molecular flexibility index (Phi) is 8.45. The van der Waals surface area contributed by atoms with Gasteiger partial charge in [-0.1, -0.05) is 50.8 Å². The van der Waals surface area contributed by atoms with Gasteiger partial charge in [-0.3, -0.25) is 9.59 Å². The Hall–Kier alpha value is -1.92. The van der Waals surface area contributed by atoms with Crippen LogP contribution < -0.4 is 16.6 Å². The highest BCUT2D eigenvalue weighted by molar-refractivity contribution is 6.04. The number of rotatable bonds is 7. The van der Waals surface area contributed by atoms with Gasteiger partial charge in [0.05, 0.1) is 5.39 Å². The number of benzene rings is 1. The van der Waals surface area contributed by atoms with Gasteiger partial charge in [0.2, 0.25) is 0 Å².